The Balaban J connectivity index is 1.65. The Bertz CT molecular complexity index is 575. The van der Waals surface area contributed by atoms with E-state index in [1.54, 1.807) is 6.92 Å². The van der Waals surface area contributed by atoms with Crippen molar-refractivity contribution < 1.29 is 19.1 Å². The molecule has 1 atom stereocenters. The summed E-state index contributed by atoms with van der Waals surface area (Å²) in [6.45, 7) is 3.03. The number of hydrogen-bond donors (Lipinski definition) is 0. The molecule has 112 valence electrons. The summed E-state index contributed by atoms with van der Waals surface area (Å²) in [4.78, 5) is 24.9. The molecule has 1 amide bonds. The van der Waals surface area contributed by atoms with Gasteiger partial charge in [0.1, 0.15) is 0 Å². The monoisotopic (exact) mass is 307 g/mol. The van der Waals surface area contributed by atoms with Gasteiger partial charge in [-0.1, -0.05) is 23.9 Å². The van der Waals surface area contributed by atoms with Gasteiger partial charge in [-0.3, -0.25) is 9.59 Å². The number of fused-ring (bicyclic) bond motifs is 1. The number of ether oxygens (including phenoxy) is 2. The van der Waals surface area contributed by atoms with Gasteiger partial charge < -0.3 is 14.4 Å². The molecule has 0 N–H and O–H groups in total. The molecule has 1 unspecified atom stereocenters. The van der Waals surface area contributed by atoms with Gasteiger partial charge in [0.15, 0.2) is 16.6 Å². The molecule has 21 heavy (non-hydrogen) atoms. The number of carbonyl (C=O) groups excluding carboxylic acids is 2. The Kier molecular flexibility index (Phi) is 4.05. The third-order valence-corrected chi connectivity index (χ3v) is 4.70. The van der Waals surface area contributed by atoms with Crippen LogP contribution in [-0.2, 0) is 16.1 Å². The van der Waals surface area contributed by atoms with Crippen molar-refractivity contribution in [3.63, 3.8) is 0 Å². The summed E-state index contributed by atoms with van der Waals surface area (Å²) in [7, 11) is 0. The second kappa shape index (κ2) is 5.97. The maximum Gasteiger partial charge on any atom is 0.231 e. The van der Waals surface area contributed by atoms with Gasteiger partial charge in [0, 0.05) is 37.8 Å². The number of amides is 1. The van der Waals surface area contributed by atoms with Gasteiger partial charge in [-0.15, -0.1) is 0 Å². The third-order valence-electron chi connectivity index (χ3n) is 3.66. The minimum Gasteiger partial charge on any atom is -0.454 e. The molecule has 0 bridgehead atoms. The Hall–Kier alpha value is -1.69. The molecule has 0 saturated carbocycles. The molecular formula is C15H17NO4S. The van der Waals surface area contributed by atoms with Crippen LogP contribution in [0.15, 0.2) is 18.2 Å². The Morgan fingerprint density at radius 2 is 2.29 bits per heavy atom. The summed E-state index contributed by atoms with van der Waals surface area (Å²) < 4.78 is 10.8. The highest BCUT2D eigenvalue weighted by atomic mass is 32.2. The van der Waals surface area contributed by atoms with Crippen LogP contribution in [0.25, 0.3) is 0 Å². The molecule has 2 heterocycles. The third kappa shape index (κ3) is 3.15. The van der Waals surface area contributed by atoms with Gasteiger partial charge in [0.25, 0.3) is 0 Å². The number of benzene rings is 1. The summed E-state index contributed by atoms with van der Waals surface area (Å²) in [5.41, 5.74) is 0.971. The molecule has 0 aliphatic carbocycles. The molecule has 0 spiro atoms. The van der Waals surface area contributed by atoms with Gasteiger partial charge in [-0.25, -0.2) is 0 Å². The van der Waals surface area contributed by atoms with Gasteiger partial charge in [-0.2, -0.15) is 0 Å². The largest absolute Gasteiger partial charge is 0.454 e. The lowest BCUT2D eigenvalue weighted by Gasteiger charge is -2.17. The zero-order valence-corrected chi connectivity index (χ0v) is 12.6. The second-order valence-corrected chi connectivity index (χ2v) is 6.49. The smallest absolute Gasteiger partial charge is 0.231 e. The predicted molar refractivity (Wildman–Crippen MR) is 79.2 cm³/mol. The fraction of sp³-hybridized carbons (Fsp3) is 0.467. The van der Waals surface area contributed by atoms with Gasteiger partial charge in [-0.05, 0) is 12.0 Å². The van der Waals surface area contributed by atoms with Gasteiger partial charge in [0.2, 0.25) is 12.7 Å². The summed E-state index contributed by atoms with van der Waals surface area (Å²) >= 11 is 1.30. The van der Waals surface area contributed by atoms with E-state index in [9.17, 15) is 9.59 Å². The lowest BCUT2D eigenvalue weighted by molar-refractivity contribution is -0.128. The van der Waals surface area contributed by atoms with Crippen molar-refractivity contribution in [3.05, 3.63) is 23.8 Å². The average Bonchev–Trinajstić information content (AvgIpc) is 3.04. The van der Waals surface area contributed by atoms with Gasteiger partial charge in [0.05, 0.1) is 0 Å². The molecule has 2 aliphatic rings. The van der Waals surface area contributed by atoms with Crippen LogP contribution in [-0.4, -0.2) is 35.0 Å². The molecule has 1 fully saturated rings. The zero-order valence-electron chi connectivity index (χ0n) is 11.8. The lowest BCUT2D eigenvalue weighted by Crippen LogP contribution is -2.25. The number of carbonyl (C=O) groups is 2. The van der Waals surface area contributed by atoms with Crippen LogP contribution < -0.4 is 9.47 Å². The maximum absolute atomic E-state index is 12.1. The number of hydrogen-bond acceptors (Lipinski definition) is 5. The second-order valence-electron chi connectivity index (χ2n) is 5.30. The number of rotatable bonds is 4. The summed E-state index contributed by atoms with van der Waals surface area (Å²) in [6.07, 6.45) is 0.520. The molecule has 6 heteroatoms. The van der Waals surface area contributed by atoms with Crippen LogP contribution in [0, 0.1) is 5.92 Å². The first-order valence-corrected chi connectivity index (χ1v) is 7.90. The average molecular weight is 307 g/mol. The highest BCUT2D eigenvalue weighted by molar-refractivity contribution is 8.13. The number of para-hydroxylation sites is 1. The van der Waals surface area contributed by atoms with Crippen LogP contribution in [0.1, 0.15) is 18.9 Å². The highest BCUT2D eigenvalue weighted by Crippen LogP contribution is 2.36. The van der Waals surface area contributed by atoms with E-state index in [0.29, 0.717) is 25.3 Å². The van der Waals surface area contributed by atoms with Crippen molar-refractivity contribution >= 4 is 22.8 Å². The fourth-order valence-electron chi connectivity index (χ4n) is 2.67. The van der Waals surface area contributed by atoms with Crippen molar-refractivity contribution in [1.29, 1.82) is 0 Å². The molecule has 5 nitrogen and oxygen atoms in total. The van der Waals surface area contributed by atoms with E-state index in [0.717, 1.165) is 17.1 Å². The van der Waals surface area contributed by atoms with E-state index in [-0.39, 0.29) is 23.7 Å². The normalized spacial score (nSPS) is 20.1. The number of likely N-dealkylation sites (tertiary alicyclic amines) is 1. The summed E-state index contributed by atoms with van der Waals surface area (Å²) in [5, 5.41) is 0.104. The molecule has 1 aromatic rings. The standard InChI is InChI=1S/C15H17NO4S/c1-10(17)21-8-11-5-14(18)16(6-11)7-12-3-2-4-13-15(12)20-9-19-13/h2-4,11H,5-9H2,1H3. The molecule has 1 saturated heterocycles. The Morgan fingerprint density at radius 1 is 1.43 bits per heavy atom. The first-order valence-electron chi connectivity index (χ1n) is 6.92. The van der Waals surface area contributed by atoms with Crippen molar-refractivity contribution in [3.8, 4) is 11.5 Å². The molecule has 0 aromatic heterocycles. The predicted octanol–water partition coefficient (Wildman–Crippen LogP) is 2.04. The van der Waals surface area contributed by atoms with E-state index in [4.69, 9.17) is 9.47 Å². The van der Waals surface area contributed by atoms with E-state index < -0.39 is 0 Å². The Morgan fingerprint density at radius 3 is 3.10 bits per heavy atom. The van der Waals surface area contributed by atoms with Crippen molar-refractivity contribution in [2.45, 2.75) is 19.9 Å². The minimum atomic E-state index is 0.104. The van der Waals surface area contributed by atoms with E-state index in [2.05, 4.69) is 0 Å². The summed E-state index contributed by atoms with van der Waals surface area (Å²) in [5.74, 6) is 2.58. The maximum atomic E-state index is 12.1. The van der Waals surface area contributed by atoms with Crippen molar-refractivity contribution in [1.82, 2.24) is 4.90 Å². The quantitative estimate of drug-likeness (QED) is 0.852. The topological polar surface area (TPSA) is 55.8 Å². The number of nitrogens with zero attached hydrogens (tertiary/aromatic N) is 1. The molecule has 2 aliphatic heterocycles. The van der Waals surface area contributed by atoms with Crippen LogP contribution in [0.4, 0.5) is 0 Å². The SMILES string of the molecule is CC(=O)SCC1CC(=O)N(Cc2cccc3c2OCO3)C1. The highest BCUT2D eigenvalue weighted by Gasteiger charge is 2.31. The van der Waals surface area contributed by atoms with Crippen molar-refractivity contribution in [2.75, 3.05) is 19.1 Å². The van der Waals surface area contributed by atoms with Crippen LogP contribution >= 0.6 is 11.8 Å². The Labute approximate surface area is 127 Å². The van der Waals surface area contributed by atoms with E-state index in [1.807, 2.05) is 23.1 Å². The summed E-state index contributed by atoms with van der Waals surface area (Å²) in [6, 6.07) is 5.73. The fourth-order valence-corrected chi connectivity index (χ4v) is 3.37. The molecule has 0 radical (unpaired) electrons. The van der Waals surface area contributed by atoms with E-state index in [1.165, 1.54) is 11.8 Å². The minimum absolute atomic E-state index is 0.104. The van der Waals surface area contributed by atoms with Crippen molar-refractivity contribution in [2.24, 2.45) is 5.92 Å². The van der Waals surface area contributed by atoms with Gasteiger partial charge >= 0.3 is 0 Å². The first kappa shape index (κ1) is 14.3. The molecule has 3 rings (SSSR count). The van der Waals surface area contributed by atoms with Crippen LogP contribution in [0.2, 0.25) is 0 Å². The lowest BCUT2D eigenvalue weighted by atomic mass is 10.1. The van der Waals surface area contributed by atoms with E-state index >= 15 is 0 Å². The number of thioether (sulfide) groups is 1. The van der Waals surface area contributed by atoms with Crippen LogP contribution in [0.5, 0.6) is 11.5 Å². The molecule has 1 aromatic carbocycles. The zero-order chi connectivity index (χ0) is 14.8. The molecular weight excluding hydrogens is 290 g/mol. The first-order chi connectivity index (χ1) is 10.1. The van der Waals surface area contributed by atoms with Crippen LogP contribution in [0.3, 0.4) is 0 Å².